The van der Waals surface area contributed by atoms with Crippen LogP contribution in [0.25, 0.3) is 55.0 Å². The third-order valence-electron chi connectivity index (χ3n) is 11.9. The maximum atomic E-state index is 14.0. The zero-order chi connectivity index (χ0) is 36.4. The van der Waals surface area contributed by atoms with E-state index in [2.05, 4.69) is 69.5 Å². The minimum Gasteiger partial charge on any atom is -0.422 e. The Hall–Kier alpha value is -4.84. The molecule has 2 aromatic heterocycles. The lowest BCUT2D eigenvalue weighted by Crippen LogP contribution is -2.44. The molecule has 2 aliphatic heterocycles. The Morgan fingerprint density at radius 2 is 1.27 bits per heavy atom. The second-order valence-corrected chi connectivity index (χ2v) is 16.3. The van der Waals surface area contributed by atoms with Gasteiger partial charge in [0.25, 0.3) is 0 Å². The van der Waals surface area contributed by atoms with Crippen molar-refractivity contribution in [3.63, 3.8) is 0 Å². The minimum atomic E-state index is -0.376. The molecule has 52 heavy (non-hydrogen) atoms. The fraction of sp³-hybridized carbons (Fsp3) is 0.391. The number of hydrogen-bond donors (Lipinski definition) is 0. The van der Waals surface area contributed by atoms with Crippen molar-refractivity contribution >= 4 is 44.1 Å². The first kappa shape index (κ1) is 34.3. The van der Waals surface area contributed by atoms with Gasteiger partial charge >= 0.3 is 11.3 Å². The van der Waals surface area contributed by atoms with Gasteiger partial charge in [-0.2, -0.15) is 0 Å². The SMILES string of the molecule is CCCCN(CCCC)c1ccc2cc(-c3ccc(-c4cc5cc6c7c(c5oc4=O)C(C)(C)CCN7CCC6(C)C)c4ccccc34)c(=O)oc2c1. The third-order valence-corrected chi connectivity index (χ3v) is 11.9. The van der Waals surface area contributed by atoms with Gasteiger partial charge in [0.2, 0.25) is 0 Å². The van der Waals surface area contributed by atoms with E-state index in [1.54, 1.807) is 0 Å². The van der Waals surface area contributed by atoms with Crippen LogP contribution in [0.15, 0.2) is 91.2 Å². The molecule has 0 saturated heterocycles. The fourth-order valence-corrected chi connectivity index (χ4v) is 8.66. The van der Waals surface area contributed by atoms with Crippen molar-refractivity contribution < 1.29 is 8.83 Å². The quantitative estimate of drug-likeness (QED) is 0.140. The molecule has 0 unspecified atom stereocenters. The summed E-state index contributed by atoms with van der Waals surface area (Å²) in [6, 6.07) is 24.4. The molecule has 268 valence electrons. The summed E-state index contributed by atoms with van der Waals surface area (Å²) < 4.78 is 12.4. The highest BCUT2D eigenvalue weighted by molar-refractivity contribution is 6.06. The van der Waals surface area contributed by atoms with Gasteiger partial charge in [-0.1, -0.05) is 90.8 Å². The highest BCUT2D eigenvalue weighted by Gasteiger charge is 2.42. The lowest BCUT2D eigenvalue weighted by atomic mass is 9.69. The van der Waals surface area contributed by atoms with Gasteiger partial charge in [-0.25, -0.2) is 9.59 Å². The van der Waals surface area contributed by atoms with Crippen LogP contribution in [0, 0.1) is 0 Å². The van der Waals surface area contributed by atoms with E-state index in [0.29, 0.717) is 22.3 Å². The molecule has 6 aromatic rings. The number of unbranched alkanes of at least 4 members (excludes halogenated alkanes) is 2. The van der Waals surface area contributed by atoms with Crippen LogP contribution in [-0.2, 0) is 10.8 Å². The summed E-state index contributed by atoms with van der Waals surface area (Å²) in [5, 5.41) is 3.60. The predicted molar refractivity (Wildman–Crippen MR) is 216 cm³/mol. The number of rotatable bonds is 9. The van der Waals surface area contributed by atoms with Gasteiger partial charge in [-0.3, -0.25) is 0 Å². The molecule has 4 aromatic carbocycles. The molecule has 0 aliphatic carbocycles. The molecule has 0 fully saturated rings. The average Bonchev–Trinajstić information content (AvgIpc) is 3.12. The summed E-state index contributed by atoms with van der Waals surface area (Å²) in [5.74, 6) is 0. The highest BCUT2D eigenvalue weighted by atomic mass is 16.4. The molecule has 6 nitrogen and oxygen atoms in total. The van der Waals surface area contributed by atoms with Gasteiger partial charge in [0.1, 0.15) is 11.2 Å². The van der Waals surface area contributed by atoms with Crippen LogP contribution in [0.1, 0.15) is 91.2 Å². The first-order valence-corrected chi connectivity index (χ1v) is 19.3. The van der Waals surface area contributed by atoms with Crippen molar-refractivity contribution in [3.05, 3.63) is 105 Å². The normalized spacial score (nSPS) is 16.1. The van der Waals surface area contributed by atoms with E-state index >= 15 is 0 Å². The molecule has 2 aliphatic rings. The van der Waals surface area contributed by atoms with Gasteiger partial charge in [0.05, 0.1) is 11.1 Å². The fourth-order valence-electron chi connectivity index (χ4n) is 8.66. The molecule has 0 N–H and O–H groups in total. The summed E-state index contributed by atoms with van der Waals surface area (Å²) in [6.45, 7) is 17.6. The summed E-state index contributed by atoms with van der Waals surface area (Å²) >= 11 is 0. The van der Waals surface area contributed by atoms with Crippen LogP contribution in [0.2, 0.25) is 0 Å². The van der Waals surface area contributed by atoms with Crippen molar-refractivity contribution in [2.24, 2.45) is 0 Å². The Morgan fingerprint density at radius 1 is 0.673 bits per heavy atom. The third kappa shape index (κ3) is 5.71. The van der Waals surface area contributed by atoms with Gasteiger partial charge in [-0.15, -0.1) is 0 Å². The van der Waals surface area contributed by atoms with E-state index in [1.165, 1.54) is 11.3 Å². The standard InChI is InChI=1S/C46H50N2O4/c1-7-9-21-47(22-10-8-2)31-16-15-29-25-36(43(49)51-39(29)28-31)34-17-18-35(33-14-12-11-13-32(33)34)37-26-30-27-38-41-40(42(30)52-44(37)50)46(5,6)20-24-48(41)23-19-45(38,3)4/h11-18,25-28H,7-10,19-24H2,1-6H3. The van der Waals surface area contributed by atoms with Crippen LogP contribution in [0.5, 0.6) is 0 Å². The molecule has 0 bridgehead atoms. The molecule has 0 amide bonds. The number of anilines is 2. The molecule has 4 heterocycles. The second-order valence-electron chi connectivity index (χ2n) is 16.3. The Kier molecular flexibility index (Phi) is 8.55. The summed E-state index contributed by atoms with van der Waals surface area (Å²) in [4.78, 5) is 32.7. The van der Waals surface area contributed by atoms with E-state index in [-0.39, 0.29) is 22.1 Å². The maximum Gasteiger partial charge on any atom is 0.344 e. The molecule has 8 rings (SSSR count). The number of benzene rings is 4. The van der Waals surface area contributed by atoms with Gasteiger partial charge in [-0.05, 0) is 94.3 Å². The monoisotopic (exact) mass is 694 g/mol. The van der Waals surface area contributed by atoms with Crippen LogP contribution >= 0.6 is 0 Å². The van der Waals surface area contributed by atoms with Crippen molar-refractivity contribution in [3.8, 4) is 22.3 Å². The van der Waals surface area contributed by atoms with Gasteiger partial charge < -0.3 is 18.6 Å². The highest BCUT2D eigenvalue weighted by Crippen LogP contribution is 2.52. The number of hydrogen-bond acceptors (Lipinski definition) is 6. The molecule has 0 radical (unpaired) electrons. The largest absolute Gasteiger partial charge is 0.422 e. The van der Waals surface area contributed by atoms with Crippen molar-refractivity contribution in [2.75, 3.05) is 36.0 Å². The van der Waals surface area contributed by atoms with Crippen LogP contribution in [0.4, 0.5) is 11.4 Å². The van der Waals surface area contributed by atoms with E-state index in [1.807, 2.05) is 54.6 Å². The summed E-state index contributed by atoms with van der Waals surface area (Å²) in [5.41, 5.74) is 7.90. The minimum absolute atomic E-state index is 0.0127. The zero-order valence-electron chi connectivity index (χ0n) is 31.5. The summed E-state index contributed by atoms with van der Waals surface area (Å²) in [6.07, 6.45) is 6.59. The molecule has 0 spiro atoms. The molecular weight excluding hydrogens is 645 g/mol. The smallest absolute Gasteiger partial charge is 0.344 e. The molecule has 6 heteroatoms. The van der Waals surface area contributed by atoms with Crippen molar-refractivity contribution in [1.29, 1.82) is 0 Å². The van der Waals surface area contributed by atoms with E-state index in [4.69, 9.17) is 8.83 Å². The van der Waals surface area contributed by atoms with Crippen LogP contribution < -0.4 is 21.1 Å². The molecule has 0 saturated carbocycles. The Labute approximate surface area is 306 Å². The van der Waals surface area contributed by atoms with Crippen LogP contribution in [-0.4, -0.2) is 26.2 Å². The summed E-state index contributed by atoms with van der Waals surface area (Å²) in [7, 11) is 0. The van der Waals surface area contributed by atoms with Crippen molar-refractivity contribution in [2.45, 2.75) is 90.9 Å². The van der Waals surface area contributed by atoms with Crippen molar-refractivity contribution in [1.82, 2.24) is 0 Å². The van der Waals surface area contributed by atoms with Gasteiger partial charge in [0, 0.05) is 60.0 Å². The zero-order valence-corrected chi connectivity index (χ0v) is 31.5. The van der Waals surface area contributed by atoms with E-state index < -0.39 is 0 Å². The molecule has 0 atom stereocenters. The second kappa shape index (κ2) is 13.0. The number of nitrogens with zero attached hydrogens (tertiary/aromatic N) is 2. The van der Waals surface area contributed by atoms with E-state index in [0.717, 1.165) is 109 Å². The first-order chi connectivity index (χ1) is 25.0. The molecular formula is C46H50N2O4. The predicted octanol–water partition coefficient (Wildman–Crippen LogP) is 11.0. The van der Waals surface area contributed by atoms with E-state index in [9.17, 15) is 9.59 Å². The first-order valence-electron chi connectivity index (χ1n) is 19.3. The number of fused-ring (bicyclic) bond motifs is 4. The lowest BCUT2D eigenvalue weighted by molar-refractivity contribution is 0.398. The lowest BCUT2D eigenvalue weighted by Gasteiger charge is -2.48. The Bertz CT molecular complexity index is 2460. The Morgan fingerprint density at radius 3 is 1.90 bits per heavy atom. The van der Waals surface area contributed by atoms with Crippen LogP contribution in [0.3, 0.4) is 0 Å². The topological polar surface area (TPSA) is 66.9 Å². The Balaban J connectivity index is 1.25. The maximum absolute atomic E-state index is 14.0. The van der Waals surface area contributed by atoms with Gasteiger partial charge in [0.15, 0.2) is 0 Å². The average molecular weight is 695 g/mol.